The summed E-state index contributed by atoms with van der Waals surface area (Å²) in [4.78, 5) is 23.7. The van der Waals surface area contributed by atoms with Crippen molar-refractivity contribution in [1.82, 2.24) is 14.9 Å². The van der Waals surface area contributed by atoms with Gasteiger partial charge in [-0.25, -0.2) is 9.97 Å². The molecule has 1 spiro atoms. The number of fused-ring (bicyclic) bond motifs is 2. The first kappa shape index (κ1) is 17.9. The summed E-state index contributed by atoms with van der Waals surface area (Å²) in [7, 11) is 0. The summed E-state index contributed by atoms with van der Waals surface area (Å²) in [6, 6.07) is 6.61. The van der Waals surface area contributed by atoms with Crippen molar-refractivity contribution in [3.05, 3.63) is 36.2 Å². The van der Waals surface area contributed by atoms with Crippen molar-refractivity contribution in [2.45, 2.75) is 48.6 Å². The zero-order valence-corrected chi connectivity index (χ0v) is 16.5. The Morgan fingerprint density at radius 3 is 2.89 bits per heavy atom. The first-order chi connectivity index (χ1) is 13.6. The van der Waals surface area contributed by atoms with Crippen LogP contribution in [0, 0.1) is 11.3 Å². The number of hydrogen-bond acceptors (Lipinski definition) is 6. The molecule has 5 rings (SSSR count). The lowest BCUT2D eigenvalue weighted by atomic mass is 9.70. The molecule has 3 heterocycles. The Labute approximate surface area is 168 Å². The highest BCUT2D eigenvalue weighted by Crippen LogP contribution is 2.46. The van der Waals surface area contributed by atoms with Crippen LogP contribution in [0.4, 0.5) is 11.5 Å². The number of anilines is 2. The molecule has 2 aromatic rings. The van der Waals surface area contributed by atoms with E-state index in [-0.39, 0.29) is 5.92 Å². The van der Waals surface area contributed by atoms with Gasteiger partial charge in [0.25, 0.3) is 0 Å². The molecular formula is C21H24N4O2S. The molecule has 6 nitrogen and oxygen atoms in total. The van der Waals surface area contributed by atoms with Gasteiger partial charge in [0.2, 0.25) is 0 Å². The van der Waals surface area contributed by atoms with Gasteiger partial charge >= 0.3 is 5.97 Å². The van der Waals surface area contributed by atoms with Crippen molar-refractivity contribution in [2.75, 3.05) is 18.4 Å². The van der Waals surface area contributed by atoms with E-state index in [2.05, 4.69) is 38.4 Å². The molecule has 1 aliphatic carbocycles. The summed E-state index contributed by atoms with van der Waals surface area (Å²) in [6.07, 6.45) is 8.41. The maximum Gasteiger partial charge on any atom is 0.306 e. The number of nitrogens with zero attached hydrogens (tertiary/aromatic N) is 3. The topological polar surface area (TPSA) is 78.4 Å². The van der Waals surface area contributed by atoms with E-state index < -0.39 is 5.97 Å². The van der Waals surface area contributed by atoms with Crippen LogP contribution in [-0.2, 0) is 11.3 Å². The van der Waals surface area contributed by atoms with Gasteiger partial charge in [0.15, 0.2) is 5.82 Å². The SMILES string of the molecule is O=C(O)C1CCC2(CC1)CCN(Cc1ccc3c(c1)Nc1nccnc1S3)C2. The van der Waals surface area contributed by atoms with Crippen LogP contribution in [0.15, 0.2) is 40.5 Å². The molecule has 1 saturated heterocycles. The molecule has 0 atom stereocenters. The average Bonchev–Trinajstić information content (AvgIpc) is 3.08. The van der Waals surface area contributed by atoms with Gasteiger partial charge in [-0.3, -0.25) is 9.69 Å². The molecule has 0 amide bonds. The van der Waals surface area contributed by atoms with Crippen molar-refractivity contribution in [3.63, 3.8) is 0 Å². The molecule has 28 heavy (non-hydrogen) atoms. The van der Waals surface area contributed by atoms with E-state index in [0.717, 1.165) is 61.8 Å². The molecule has 1 saturated carbocycles. The fraction of sp³-hybridized carbons (Fsp3) is 0.476. The smallest absolute Gasteiger partial charge is 0.306 e. The quantitative estimate of drug-likeness (QED) is 0.688. The minimum Gasteiger partial charge on any atom is -0.481 e. The highest BCUT2D eigenvalue weighted by Gasteiger charge is 2.42. The largest absolute Gasteiger partial charge is 0.481 e. The minimum absolute atomic E-state index is 0.130. The van der Waals surface area contributed by atoms with Gasteiger partial charge in [0.05, 0.1) is 11.6 Å². The number of carboxylic acids is 1. The van der Waals surface area contributed by atoms with Gasteiger partial charge in [0.1, 0.15) is 5.03 Å². The number of likely N-dealkylation sites (tertiary alicyclic amines) is 1. The second-order valence-corrected chi connectivity index (χ2v) is 9.37. The summed E-state index contributed by atoms with van der Waals surface area (Å²) in [5, 5.41) is 13.6. The summed E-state index contributed by atoms with van der Waals surface area (Å²) in [5.41, 5.74) is 2.74. The molecule has 0 bridgehead atoms. The normalized spacial score (nSPS) is 26.5. The van der Waals surface area contributed by atoms with Crippen LogP contribution in [0.3, 0.4) is 0 Å². The molecule has 1 aromatic carbocycles. The van der Waals surface area contributed by atoms with Crippen LogP contribution < -0.4 is 5.32 Å². The number of rotatable bonds is 3. The maximum atomic E-state index is 11.2. The number of carboxylic acid groups (broad SMARTS) is 1. The number of benzene rings is 1. The number of nitrogens with one attached hydrogen (secondary N) is 1. The predicted octanol–water partition coefficient (Wildman–Crippen LogP) is 4.15. The van der Waals surface area contributed by atoms with Crippen molar-refractivity contribution in [1.29, 1.82) is 0 Å². The van der Waals surface area contributed by atoms with Crippen LogP contribution in [0.25, 0.3) is 0 Å². The third-order valence-corrected chi connectivity index (χ3v) is 7.56. The van der Waals surface area contributed by atoms with E-state index in [9.17, 15) is 9.90 Å². The Morgan fingerprint density at radius 2 is 2.07 bits per heavy atom. The van der Waals surface area contributed by atoms with E-state index in [1.165, 1.54) is 16.9 Å². The highest BCUT2D eigenvalue weighted by atomic mass is 32.2. The van der Waals surface area contributed by atoms with Gasteiger partial charge in [-0.15, -0.1) is 0 Å². The fourth-order valence-electron chi connectivity index (χ4n) is 4.89. The molecular weight excluding hydrogens is 372 g/mol. The van der Waals surface area contributed by atoms with Crippen molar-refractivity contribution >= 4 is 29.2 Å². The molecule has 0 unspecified atom stereocenters. The first-order valence-corrected chi connectivity index (χ1v) is 10.8. The van der Waals surface area contributed by atoms with Crippen LogP contribution >= 0.6 is 11.8 Å². The third-order valence-electron chi connectivity index (χ3n) is 6.49. The summed E-state index contributed by atoms with van der Waals surface area (Å²) < 4.78 is 0. The lowest BCUT2D eigenvalue weighted by molar-refractivity contribution is -0.143. The zero-order valence-electron chi connectivity index (χ0n) is 15.7. The predicted molar refractivity (Wildman–Crippen MR) is 108 cm³/mol. The lowest BCUT2D eigenvalue weighted by Crippen LogP contribution is -2.33. The third kappa shape index (κ3) is 3.37. The Balaban J connectivity index is 1.24. The van der Waals surface area contributed by atoms with Gasteiger partial charge in [-0.1, -0.05) is 17.8 Å². The van der Waals surface area contributed by atoms with Gasteiger partial charge in [-0.2, -0.15) is 0 Å². The van der Waals surface area contributed by atoms with Gasteiger partial charge in [-0.05, 0) is 61.8 Å². The molecule has 3 aliphatic rings. The Kier molecular flexibility index (Phi) is 4.51. The highest BCUT2D eigenvalue weighted by molar-refractivity contribution is 7.99. The Morgan fingerprint density at radius 1 is 1.25 bits per heavy atom. The summed E-state index contributed by atoms with van der Waals surface area (Å²) >= 11 is 1.66. The van der Waals surface area contributed by atoms with Gasteiger partial charge < -0.3 is 10.4 Å². The summed E-state index contributed by atoms with van der Waals surface area (Å²) in [5.74, 6) is 0.0812. The van der Waals surface area contributed by atoms with Crippen LogP contribution in [0.5, 0.6) is 0 Å². The number of carbonyl (C=O) groups is 1. The zero-order chi connectivity index (χ0) is 19.1. The standard InChI is InChI=1S/C21H24N4O2S/c26-20(27)15-3-5-21(6-4-15)7-10-25(13-21)12-14-1-2-17-16(11-14)24-18-19(28-17)23-9-8-22-18/h1-2,8-9,11,15H,3-7,10,12-13H2,(H,22,24)(H,26,27). The minimum atomic E-state index is -0.615. The molecule has 7 heteroatoms. The second-order valence-electron chi connectivity index (χ2n) is 8.34. The lowest BCUT2D eigenvalue weighted by Gasteiger charge is -2.36. The number of hydrogen-bond donors (Lipinski definition) is 2. The molecule has 1 aromatic heterocycles. The molecule has 2 aliphatic heterocycles. The van der Waals surface area contributed by atoms with E-state index in [1.54, 1.807) is 24.2 Å². The second kappa shape index (κ2) is 7.04. The summed E-state index contributed by atoms with van der Waals surface area (Å²) in [6.45, 7) is 3.13. The van der Waals surface area contributed by atoms with E-state index in [4.69, 9.17) is 0 Å². The Bertz CT molecular complexity index is 911. The van der Waals surface area contributed by atoms with Crippen LogP contribution in [0.1, 0.15) is 37.7 Å². The van der Waals surface area contributed by atoms with E-state index >= 15 is 0 Å². The van der Waals surface area contributed by atoms with Crippen molar-refractivity contribution in [2.24, 2.45) is 11.3 Å². The monoisotopic (exact) mass is 396 g/mol. The fourth-order valence-corrected chi connectivity index (χ4v) is 5.76. The molecule has 0 radical (unpaired) electrons. The average molecular weight is 397 g/mol. The Hall–Kier alpha value is -2.12. The van der Waals surface area contributed by atoms with Crippen LogP contribution in [0.2, 0.25) is 0 Å². The van der Waals surface area contributed by atoms with Crippen molar-refractivity contribution < 1.29 is 9.90 Å². The van der Waals surface area contributed by atoms with E-state index in [0.29, 0.717) is 5.41 Å². The van der Waals surface area contributed by atoms with Gasteiger partial charge in [0, 0.05) is 30.4 Å². The molecule has 2 N–H and O–H groups in total. The molecule has 146 valence electrons. The number of aromatic nitrogens is 2. The number of aliphatic carboxylic acids is 1. The maximum absolute atomic E-state index is 11.2. The van der Waals surface area contributed by atoms with Crippen molar-refractivity contribution in [3.8, 4) is 0 Å². The first-order valence-electron chi connectivity index (χ1n) is 9.94. The molecule has 2 fully saturated rings. The van der Waals surface area contributed by atoms with E-state index in [1.807, 2.05) is 0 Å². The van der Waals surface area contributed by atoms with Crippen LogP contribution in [-0.4, -0.2) is 39.0 Å².